The molecule has 0 saturated heterocycles. The van der Waals surface area contributed by atoms with Crippen LogP contribution in [0.2, 0.25) is 0 Å². The van der Waals surface area contributed by atoms with Gasteiger partial charge in [-0.3, -0.25) is 5.32 Å². The Morgan fingerprint density at radius 3 is 2.71 bits per heavy atom. The van der Waals surface area contributed by atoms with Crippen LogP contribution in [0.5, 0.6) is 0 Å². The molecule has 2 atom stereocenters. The zero-order valence-corrected chi connectivity index (χ0v) is 14.9. The van der Waals surface area contributed by atoms with Gasteiger partial charge in [-0.2, -0.15) is 0 Å². The third kappa shape index (κ3) is 3.40. The van der Waals surface area contributed by atoms with Gasteiger partial charge in [0.15, 0.2) is 0 Å². The number of amides is 1. The minimum Gasteiger partial charge on any atom is -0.445 e. The summed E-state index contributed by atoms with van der Waals surface area (Å²) in [6, 6.07) is 9.42. The maximum absolute atomic E-state index is 12.3. The number of ether oxygens (including phenoxy) is 1. The Bertz CT molecular complexity index is 672. The summed E-state index contributed by atoms with van der Waals surface area (Å²) in [5.41, 5.74) is 4.91. The Hall–Kier alpha value is -2.03. The molecule has 3 nitrogen and oxygen atoms in total. The van der Waals surface area contributed by atoms with Crippen LogP contribution in [-0.4, -0.2) is 12.2 Å². The van der Waals surface area contributed by atoms with Crippen LogP contribution in [0, 0.1) is 11.3 Å². The molecule has 1 saturated carbocycles. The number of hydrogen-bond donors (Lipinski definition) is 1. The summed E-state index contributed by atoms with van der Waals surface area (Å²) in [7, 11) is 0. The number of hydrogen-bond acceptors (Lipinski definition) is 2. The molecule has 1 N–H and O–H groups in total. The van der Waals surface area contributed by atoms with Gasteiger partial charge in [0.05, 0.1) is 0 Å². The number of para-hydroxylation sites is 1. The maximum Gasteiger partial charge on any atom is 0.411 e. The van der Waals surface area contributed by atoms with Crippen molar-refractivity contribution in [2.24, 2.45) is 11.3 Å². The lowest BCUT2D eigenvalue weighted by Gasteiger charge is -2.32. The SMILES string of the molecule is C=C1C[C@H](OC(=O)Nc2ccccc2)C(C)(C)CC2=C(C)CC[C@H]12. The maximum atomic E-state index is 12.3. The fourth-order valence-electron chi connectivity index (χ4n) is 3.98. The minimum atomic E-state index is -0.384. The fourth-order valence-corrected chi connectivity index (χ4v) is 3.98. The van der Waals surface area contributed by atoms with Crippen molar-refractivity contribution < 1.29 is 9.53 Å². The van der Waals surface area contributed by atoms with Gasteiger partial charge in [-0.25, -0.2) is 4.79 Å². The van der Waals surface area contributed by atoms with Crippen molar-refractivity contribution in [2.75, 3.05) is 5.32 Å². The second-order valence-corrected chi connectivity index (χ2v) is 7.81. The highest BCUT2D eigenvalue weighted by atomic mass is 16.6. The van der Waals surface area contributed by atoms with Crippen LogP contribution in [0.25, 0.3) is 0 Å². The highest BCUT2D eigenvalue weighted by molar-refractivity contribution is 5.84. The third-order valence-corrected chi connectivity index (χ3v) is 5.50. The molecular formula is C21H27NO2. The van der Waals surface area contributed by atoms with E-state index in [-0.39, 0.29) is 17.6 Å². The number of nitrogens with one attached hydrogen (secondary N) is 1. The molecule has 2 aliphatic rings. The van der Waals surface area contributed by atoms with E-state index in [0.717, 1.165) is 18.5 Å². The van der Waals surface area contributed by atoms with Crippen LogP contribution in [0.15, 0.2) is 53.6 Å². The Kier molecular flexibility index (Phi) is 4.53. The van der Waals surface area contributed by atoms with E-state index >= 15 is 0 Å². The minimum absolute atomic E-state index is 0.0906. The molecule has 0 unspecified atom stereocenters. The van der Waals surface area contributed by atoms with Crippen molar-refractivity contribution in [3.63, 3.8) is 0 Å². The van der Waals surface area contributed by atoms with E-state index in [9.17, 15) is 4.79 Å². The number of allylic oxidation sites excluding steroid dienone is 2. The van der Waals surface area contributed by atoms with Crippen LogP contribution in [0.1, 0.15) is 46.5 Å². The lowest BCUT2D eigenvalue weighted by molar-refractivity contribution is 0.0337. The molecule has 0 heterocycles. The Morgan fingerprint density at radius 2 is 2.00 bits per heavy atom. The fraction of sp³-hybridized carbons (Fsp3) is 0.476. The third-order valence-electron chi connectivity index (χ3n) is 5.50. The largest absolute Gasteiger partial charge is 0.445 e. The van der Waals surface area contributed by atoms with Crippen LogP contribution < -0.4 is 5.32 Å². The van der Waals surface area contributed by atoms with Crippen molar-refractivity contribution in [3.8, 4) is 0 Å². The first-order valence-corrected chi connectivity index (χ1v) is 8.75. The van der Waals surface area contributed by atoms with E-state index < -0.39 is 0 Å². The van der Waals surface area contributed by atoms with E-state index in [0.29, 0.717) is 5.92 Å². The number of benzene rings is 1. The average molecular weight is 325 g/mol. The number of anilines is 1. The first-order valence-electron chi connectivity index (χ1n) is 8.75. The Balaban J connectivity index is 1.74. The van der Waals surface area contributed by atoms with E-state index in [4.69, 9.17) is 4.74 Å². The van der Waals surface area contributed by atoms with Crippen LogP contribution >= 0.6 is 0 Å². The van der Waals surface area contributed by atoms with Gasteiger partial charge in [-0.15, -0.1) is 0 Å². The zero-order valence-electron chi connectivity index (χ0n) is 14.9. The summed E-state index contributed by atoms with van der Waals surface area (Å²) in [5.74, 6) is 0.482. The molecule has 1 aromatic carbocycles. The topological polar surface area (TPSA) is 38.3 Å². The van der Waals surface area contributed by atoms with Gasteiger partial charge in [0, 0.05) is 23.4 Å². The van der Waals surface area contributed by atoms with Crippen molar-refractivity contribution >= 4 is 11.8 Å². The monoisotopic (exact) mass is 325 g/mol. The standard InChI is InChI=1S/C21H27NO2/c1-14-10-11-17-15(2)12-19(21(3,4)13-18(14)17)24-20(23)22-16-8-6-5-7-9-16/h5-9,17,19H,2,10-13H2,1,3-4H3,(H,22,23)/t17-,19+/m1/s1. The molecular weight excluding hydrogens is 298 g/mol. The highest BCUT2D eigenvalue weighted by Crippen LogP contribution is 2.49. The second kappa shape index (κ2) is 6.46. The molecule has 2 aliphatic carbocycles. The van der Waals surface area contributed by atoms with Gasteiger partial charge in [0.2, 0.25) is 0 Å². The summed E-state index contributed by atoms with van der Waals surface area (Å²) in [4.78, 5) is 12.3. The van der Waals surface area contributed by atoms with Crippen LogP contribution in [0.3, 0.4) is 0 Å². The van der Waals surface area contributed by atoms with Crippen molar-refractivity contribution in [2.45, 2.75) is 52.6 Å². The van der Waals surface area contributed by atoms with E-state index in [1.165, 1.54) is 29.6 Å². The number of carbonyl (C=O) groups excluding carboxylic acids is 1. The first kappa shape index (κ1) is 16.8. The molecule has 0 bridgehead atoms. The molecule has 3 rings (SSSR count). The first-order chi connectivity index (χ1) is 11.4. The van der Waals surface area contributed by atoms with Crippen molar-refractivity contribution in [1.82, 2.24) is 0 Å². The average Bonchev–Trinajstić information content (AvgIpc) is 2.83. The van der Waals surface area contributed by atoms with Gasteiger partial charge < -0.3 is 4.74 Å². The van der Waals surface area contributed by atoms with Gasteiger partial charge in [-0.1, -0.05) is 55.3 Å². The summed E-state index contributed by atoms with van der Waals surface area (Å²) in [5, 5.41) is 2.82. The van der Waals surface area contributed by atoms with Gasteiger partial charge in [0.25, 0.3) is 0 Å². The van der Waals surface area contributed by atoms with Gasteiger partial charge in [0.1, 0.15) is 6.10 Å². The van der Waals surface area contributed by atoms with Crippen LogP contribution in [0.4, 0.5) is 10.5 Å². The molecule has 0 radical (unpaired) electrons. The van der Waals surface area contributed by atoms with Crippen LogP contribution in [-0.2, 0) is 4.74 Å². The summed E-state index contributed by atoms with van der Waals surface area (Å²) < 4.78 is 5.83. The van der Waals surface area contributed by atoms with E-state index in [2.05, 4.69) is 32.7 Å². The quantitative estimate of drug-likeness (QED) is 0.708. The molecule has 128 valence electrons. The lowest BCUT2D eigenvalue weighted by atomic mass is 9.80. The summed E-state index contributed by atoms with van der Waals surface area (Å²) in [6.07, 6.45) is 3.53. The summed E-state index contributed by atoms with van der Waals surface area (Å²) in [6.45, 7) is 10.9. The van der Waals surface area contributed by atoms with E-state index in [1.54, 1.807) is 0 Å². The molecule has 0 aliphatic heterocycles. The smallest absolute Gasteiger partial charge is 0.411 e. The second-order valence-electron chi connectivity index (χ2n) is 7.81. The van der Waals surface area contributed by atoms with Gasteiger partial charge >= 0.3 is 6.09 Å². The molecule has 1 amide bonds. The lowest BCUT2D eigenvalue weighted by Crippen LogP contribution is -2.35. The summed E-state index contributed by atoms with van der Waals surface area (Å²) >= 11 is 0. The molecule has 1 aromatic rings. The predicted octanol–water partition coefficient (Wildman–Crippen LogP) is 5.71. The number of rotatable bonds is 2. The highest BCUT2D eigenvalue weighted by Gasteiger charge is 2.41. The molecule has 24 heavy (non-hydrogen) atoms. The van der Waals surface area contributed by atoms with E-state index in [1.807, 2.05) is 30.3 Å². The molecule has 0 spiro atoms. The Morgan fingerprint density at radius 1 is 1.29 bits per heavy atom. The predicted molar refractivity (Wildman–Crippen MR) is 97.9 cm³/mol. The number of fused-ring (bicyclic) bond motifs is 1. The van der Waals surface area contributed by atoms with Gasteiger partial charge in [-0.05, 0) is 38.3 Å². The molecule has 0 aromatic heterocycles. The number of carbonyl (C=O) groups is 1. The normalized spacial score (nSPS) is 25.9. The van der Waals surface area contributed by atoms with Crippen molar-refractivity contribution in [3.05, 3.63) is 53.6 Å². The molecule has 1 fully saturated rings. The zero-order chi connectivity index (χ0) is 17.3. The van der Waals surface area contributed by atoms with Crippen molar-refractivity contribution in [1.29, 1.82) is 0 Å². The molecule has 3 heteroatoms. The Labute approximate surface area is 144 Å².